The Kier molecular flexibility index (Phi) is 8.53. The molecule has 2 aliphatic rings. The Labute approximate surface area is 197 Å². The van der Waals surface area contributed by atoms with Crippen LogP contribution in [0, 0.1) is 0 Å². The first kappa shape index (κ1) is 23.7. The Bertz CT molecular complexity index is 868. The zero-order valence-corrected chi connectivity index (χ0v) is 19.5. The summed E-state index contributed by atoms with van der Waals surface area (Å²) in [7, 11) is 0. The molecular weight excluding hydrogens is 427 g/mol. The number of β-lactam (4-membered cyclic amide) rings is 1. The van der Waals surface area contributed by atoms with Crippen LogP contribution in [-0.2, 0) is 30.3 Å². The van der Waals surface area contributed by atoms with Crippen LogP contribution in [0.2, 0.25) is 0 Å². The molecule has 3 heterocycles. The van der Waals surface area contributed by atoms with E-state index in [4.69, 9.17) is 4.74 Å². The summed E-state index contributed by atoms with van der Waals surface area (Å²) in [4.78, 5) is 49.1. The minimum absolute atomic E-state index is 0. The predicted molar refractivity (Wildman–Crippen MR) is 101 cm³/mol. The molecule has 8 nitrogen and oxygen atoms in total. The fourth-order valence-corrected chi connectivity index (χ4v) is 4.93. The smallest absolute Gasteiger partial charge is 0.543 e. The van der Waals surface area contributed by atoms with Crippen molar-refractivity contribution < 1.29 is 58.6 Å². The second-order valence-electron chi connectivity index (χ2n) is 6.08. The molecule has 0 unspecified atom stereocenters. The third-order valence-electron chi connectivity index (χ3n) is 4.12. The molecule has 29 heavy (non-hydrogen) atoms. The molecular formula is C18H17N2NaO6S2. The minimum atomic E-state index is -1.46. The maximum absolute atomic E-state index is 12.5. The van der Waals surface area contributed by atoms with Crippen molar-refractivity contribution in [3.05, 3.63) is 45.8 Å². The third kappa shape index (κ3) is 5.52. The third-order valence-corrected chi connectivity index (χ3v) is 6.30. The number of thiophene rings is 1. The van der Waals surface area contributed by atoms with E-state index >= 15 is 0 Å². The summed E-state index contributed by atoms with van der Waals surface area (Å²) < 4.78 is 4.77. The van der Waals surface area contributed by atoms with Gasteiger partial charge in [0.25, 0.3) is 5.91 Å². The average molecular weight is 444 g/mol. The van der Waals surface area contributed by atoms with Crippen molar-refractivity contribution in [1.29, 1.82) is 0 Å². The number of esters is 1. The standard InChI is InChI=1S/C18H18N2O6S2.Na/c1-10(21)26-6-2-4-11-9-28-17-14(16(23)20(17)15(11)18(24)25)19-13(22)8-12-5-3-7-27-12;/h2-5,7,14,17H,6,8-9H2,1H3,(H,19,22)(H,24,25);/q;+1/p-1/b4-2+;/t14-,17-;/m1./s1. The van der Waals surface area contributed by atoms with Crippen LogP contribution >= 0.6 is 23.1 Å². The molecule has 0 aliphatic carbocycles. The van der Waals surface area contributed by atoms with E-state index in [9.17, 15) is 24.3 Å². The number of carbonyl (C=O) groups excluding carboxylic acids is 4. The number of nitrogens with zero attached hydrogens (tertiary/aromatic N) is 1. The summed E-state index contributed by atoms with van der Waals surface area (Å²) in [6.07, 6.45) is 3.19. The van der Waals surface area contributed by atoms with Gasteiger partial charge in [0.15, 0.2) is 0 Å². The van der Waals surface area contributed by atoms with E-state index in [1.807, 2.05) is 17.5 Å². The van der Waals surface area contributed by atoms with Crippen molar-refractivity contribution >= 4 is 46.9 Å². The molecule has 2 atom stereocenters. The van der Waals surface area contributed by atoms with Crippen molar-refractivity contribution in [1.82, 2.24) is 10.2 Å². The van der Waals surface area contributed by atoms with Gasteiger partial charge in [-0.3, -0.25) is 19.3 Å². The van der Waals surface area contributed by atoms with Gasteiger partial charge >= 0.3 is 35.5 Å². The monoisotopic (exact) mass is 444 g/mol. The fraction of sp³-hybridized carbons (Fsp3) is 0.333. The summed E-state index contributed by atoms with van der Waals surface area (Å²) in [5.74, 6) is -2.36. The van der Waals surface area contributed by atoms with E-state index < -0.39 is 29.3 Å². The van der Waals surface area contributed by atoms with Gasteiger partial charge in [0.05, 0.1) is 18.1 Å². The number of hydrogen-bond acceptors (Lipinski definition) is 8. The van der Waals surface area contributed by atoms with Crippen molar-refractivity contribution in [2.24, 2.45) is 0 Å². The number of fused-ring (bicyclic) bond motifs is 1. The van der Waals surface area contributed by atoms with Crippen molar-refractivity contribution in [3.8, 4) is 0 Å². The molecule has 1 fully saturated rings. The summed E-state index contributed by atoms with van der Waals surface area (Å²) >= 11 is 2.80. The number of nitrogens with one attached hydrogen (secondary N) is 1. The molecule has 1 aromatic heterocycles. The molecule has 11 heteroatoms. The van der Waals surface area contributed by atoms with E-state index in [-0.39, 0.29) is 54.2 Å². The number of carbonyl (C=O) groups is 4. The van der Waals surface area contributed by atoms with Gasteiger partial charge in [0.2, 0.25) is 5.91 Å². The molecule has 0 spiro atoms. The quantitative estimate of drug-likeness (QED) is 0.268. The van der Waals surface area contributed by atoms with E-state index in [1.165, 1.54) is 42.2 Å². The first-order valence-corrected chi connectivity index (χ1v) is 10.3. The van der Waals surface area contributed by atoms with Gasteiger partial charge in [-0.25, -0.2) is 0 Å². The SMILES string of the molecule is CC(=O)OC/C=C/C1=C(C(=O)[O-])N2C(=O)[C@@H](NC(=O)Cc3cccs3)[C@H]2SC1.[Na+]. The van der Waals surface area contributed by atoms with Crippen molar-refractivity contribution in [2.75, 3.05) is 12.4 Å². The number of ether oxygens (including phenoxy) is 1. The molecule has 2 aliphatic heterocycles. The van der Waals surface area contributed by atoms with Crippen molar-refractivity contribution in [2.45, 2.75) is 24.8 Å². The molecule has 148 valence electrons. The molecule has 2 amide bonds. The second-order valence-corrected chi connectivity index (χ2v) is 8.21. The molecule has 0 radical (unpaired) electrons. The van der Waals surface area contributed by atoms with E-state index in [0.29, 0.717) is 11.3 Å². The Hall–Kier alpha value is -1.59. The maximum atomic E-state index is 12.5. The number of carboxylic acids is 1. The fourth-order valence-electron chi connectivity index (χ4n) is 2.91. The molecule has 0 aromatic carbocycles. The van der Waals surface area contributed by atoms with Gasteiger partial charge in [-0.2, -0.15) is 0 Å². The molecule has 1 saturated heterocycles. The number of allylic oxidation sites excluding steroid dienone is 1. The van der Waals surface area contributed by atoms with Gasteiger partial charge in [0.1, 0.15) is 18.0 Å². The van der Waals surface area contributed by atoms with Crippen LogP contribution in [0.25, 0.3) is 0 Å². The predicted octanol–water partition coefficient (Wildman–Crippen LogP) is -3.18. The summed E-state index contributed by atoms with van der Waals surface area (Å²) in [6.45, 7) is 1.27. The molecule has 0 bridgehead atoms. The summed E-state index contributed by atoms with van der Waals surface area (Å²) in [5.41, 5.74) is 0.182. The topological polar surface area (TPSA) is 116 Å². The average Bonchev–Trinajstić information content (AvgIpc) is 3.15. The second kappa shape index (κ2) is 10.4. The largest absolute Gasteiger partial charge is 1.00 e. The van der Waals surface area contributed by atoms with Crippen LogP contribution in [0.15, 0.2) is 40.9 Å². The van der Waals surface area contributed by atoms with Gasteiger partial charge < -0.3 is 20.0 Å². The Morgan fingerprint density at radius 3 is 2.79 bits per heavy atom. The molecule has 0 saturated carbocycles. The number of thioether (sulfide) groups is 1. The van der Waals surface area contributed by atoms with Crippen LogP contribution in [0.3, 0.4) is 0 Å². The number of rotatable bonds is 7. The number of hydrogen-bond donors (Lipinski definition) is 1. The van der Waals surface area contributed by atoms with Gasteiger partial charge in [0, 0.05) is 17.6 Å². The Morgan fingerprint density at radius 2 is 2.17 bits per heavy atom. The van der Waals surface area contributed by atoms with E-state index in [1.54, 1.807) is 0 Å². The van der Waals surface area contributed by atoms with Crippen LogP contribution in [-0.4, -0.2) is 52.4 Å². The van der Waals surface area contributed by atoms with Gasteiger partial charge in [-0.15, -0.1) is 23.1 Å². The van der Waals surface area contributed by atoms with Crippen molar-refractivity contribution in [3.63, 3.8) is 0 Å². The maximum Gasteiger partial charge on any atom is 1.00 e. The first-order valence-electron chi connectivity index (χ1n) is 8.39. The van der Waals surface area contributed by atoms with Gasteiger partial charge in [-0.05, 0) is 23.1 Å². The molecule has 3 rings (SSSR count). The Morgan fingerprint density at radius 1 is 1.41 bits per heavy atom. The first-order chi connectivity index (χ1) is 13.4. The zero-order chi connectivity index (χ0) is 20.3. The molecule has 1 N–H and O–H groups in total. The van der Waals surface area contributed by atoms with Crippen LogP contribution in [0.5, 0.6) is 0 Å². The number of carboxylic acid groups (broad SMARTS) is 1. The van der Waals surface area contributed by atoms with Gasteiger partial charge in [-0.1, -0.05) is 12.1 Å². The van der Waals surface area contributed by atoms with Crippen LogP contribution in [0.1, 0.15) is 11.8 Å². The number of amides is 2. The number of aliphatic carboxylic acids is 1. The normalized spacial score (nSPS) is 20.6. The summed E-state index contributed by atoms with van der Waals surface area (Å²) in [5, 5.41) is 15.7. The molecule has 1 aromatic rings. The summed E-state index contributed by atoms with van der Waals surface area (Å²) in [6, 6.07) is 2.91. The zero-order valence-electron chi connectivity index (χ0n) is 15.9. The van der Waals surface area contributed by atoms with E-state index in [2.05, 4.69) is 5.32 Å². The van der Waals surface area contributed by atoms with E-state index in [0.717, 1.165) is 9.78 Å². The Balaban J connectivity index is 0.00000300. The van der Waals surface area contributed by atoms with Crippen LogP contribution in [0.4, 0.5) is 0 Å². The van der Waals surface area contributed by atoms with Crippen LogP contribution < -0.4 is 40.0 Å². The minimum Gasteiger partial charge on any atom is -0.543 e.